The molecule has 3 atom stereocenters. The molecule has 1 N–H and O–H groups in total. The fourth-order valence-corrected chi connectivity index (χ4v) is 4.11. The molecule has 1 saturated carbocycles. The molecule has 2 aliphatic heterocycles. The Kier molecular flexibility index (Phi) is 4.13. The molecule has 3 aliphatic rings. The molecule has 0 radical (unpaired) electrons. The van der Waals surface area contributed by atoms with Gasteiger partial charge in [-0.2, -0.15) is 0 Å². The Morgan fingerprint density at radius 2 is 1.95 bits per heavy atom. The maximum absolute atomic E-state index is 3.82. The minimum absolute atomic E-state index is 0.318. The first-order valence-electron chi connectivity index (χ1n) is 8.77. The second kappa shape index (κ2) is 5.58. The lowest BCUT2D eigenvalue weighted by atomic mass is 9.88. The van der Waals surface area contributed by atoms with Gasteiger partial charge in [-0.3, -0.25) is 9.80 Å². The number of likely N-dealkylation sites (tertiary alicyclic amines) is 1. The standard InChI is InChI=1S/C17H33N3/c1-5-17(4)12-20(16(10-18-17)13(2)3)15-8-9-19(11-15)14-6-7-14/h13-16,18H,5-12H2,1-4H3. The molecule has 0 bridgehead atoms. The van der Waals surface area contributed by atoms with E-state index in [-0.39, 0.29) is 0 Å². The molecule has 20 heavy (non-hydrogen) atoms. The van der Waals surface area contributed by atoms with Gasteiger partial charge in [0.2, 0.25) is 0 Å². The van der Waals surface area contributed by atoms with Crippen LogP contribution in [-0.4, -0.2) is 59.6 Å². The maximum Gasteiger partial charge on any atom is 0.0278 e. The van der Waals surface area contributed by atoms with E-state index in [9.17, 15) is 0 Å². The van der Waals surface area contributed by atoms with Crippen LogP contribution in [0.1, 0.15) is 53.4 Å². The fraction of sp³-hybridized carbons (Fsp3) is 1.00. The lowest BCUT2D eigenvalue weighted by Crippen LogP contribution is -2.66. The van der Waals surface area contributed by atoms with E-state index >= 15 is 0 Å². The van der Waals surface area contributed by atoms with Crippen molar-refractivity contribution < 1.29 is 0 Å². The van der Waals surface area contributed by atoms with Gasteiger partial charge in [0.1, 0.15) is 0 Å². The van der Waals surface area contributed by atoms with Gasteiger partial charge in [0.25, 0.3) is 0 Å². The summed E-state index contributed by atoms with van der Waals surface area (Å²) in [5, 5.41) is 3.82. The molecule has 0 aromatic heterocycles. The number of rotatable bonds is 4. The Morgan fingerprint density at radius 3 is 2.55 bits per heavy atom. The average molecular weight is 279 g/mol. The van der Waals surface area contributed by atoms with Gasteiger partial charge >= 0.3 is 0 Å². The average Bonchev–Trinajstić information content (AvgIpc) is 3.16. The second-order valence-corrected chi connectivity index (χ2v) is 7.95. The first-order valence-corrected chi connectivity index (χ1v) is 8.77. The van der Waals surface area contributed by atoms with Crippen molar-refractivity contribution in [3.8, 4) is 0 Å². The van der Waals surface area contributed by atoms with Crippen LogP contribution < -0.4 is 5.32 Å². The second-order valence-electron chi connectivity index (χ2n) is 7.95. The van der Waals surface area contributed by atoms with Crippen molar-refractivity contribution in [2.75, 3.05) is 26.2 Å². The third-order valence-electron chi connectivity index (χ3n) is 5.97. The zero-order chi connectivity index (χ0) is 14.3. The number of hydrogen-bond acceptors (Lipinski definition) is 3. The predicted molar refractivity (Wildman–Crippen MR) is 85.0 cm³/mol. The van der Waals surface area contributed by atoms with E-state index in [2.05, 4.69) is 42.8 Å². The van der Waals surface area contributed by atoms with Crippen LogP contribution in [0.15, 0.2) is 0 Å². The molecular weight excluding hydrogens is 246 g/mol. The van der Waals surface area contributed by atoms with E-state index in [1.54, 1.807) is 0 Å². The lowest BCUT2D eigenvalue weighted by Gasteiger charge is -2.50. The topological polar surface area (TPSA) is 18.5 Å². The first kappa shape index (κ1) is 14.8. The van der Waals surface area contributed by atoms with Crippen molar-refractivity contribution >= 4 is 0 Å². The fourth-order valence-electron chi connectivity index (χ4n) is 4.11. The van der Waals surface area contributed by atoms with E-state index < -0.39 is 0 Å². The van der Waals surface area contributed by atoms with Crippen LogP contribution in [0.25, 0.3) is 0 Å². The molecule has 2 saturated heterocycles. The van der Waals surface area contributed by atoms with Crippen molar-refractivity contribution in [3.63, 3.8) is 0 Å². The summed E-state index contributed by atoms with van der Waals surface area (Å²) in [4.78, 5) is 5.63. The SMILES string of the molecule is CCC1(C)CN(C2CCN(C3CC3)C2)C(C(C)C)CN1. The van der Waals surface area contributed by atoms with Crippen LogP contribution in [0.5, 0.6) is 0 Å². The summed E-state index contributed by atoms with van der Waals surface area (Å²) >= 11 is 0. The third-order valence-corrected chi connectivity index (χ3v) is 5.97. The number of nitrogens with zero attached hydrogens (tertiary/aromatic N) is 2. The van der Waals surface area contributed by atoms with Crippen molar-refractivity contribution in [2.24, 2.45) is 5.92 Å². The maximum atomic E-state index is 3.82. The highest BCUT2D eigenvalue weighted by Gasteiger charge is 2.43. The summed E-state index contributed by atoms with van der Waals surface area (Å²) in [5.41, 5.74) is 0.318. The van der Waals surface area contributed by atoms with Gasteiger partial charge in [-0.25, -0.2) is 0 Å². The molecule has 0 spiro atoms. The molecule has 116 valence electrons. The largest absolute Gasteiger partial charge is 0.309 e. The van der Waals surface area contributed by atoms with Crippen molar-refractivity contribution in [3.05, 3.63) is 0 Å². The van der Waals surface area contributed by atoms with Gasteiger partial charge in [0.05, 0.1) is 0 Å². The molecule has 3 heteroatoms. The molecule has 3 fully saturated rings. The van der Waals surface area contributed by atoms with E-state index in [1.165, 1.54) is 51.9 Å². The van der Waals surface area contributed by atoms with Crippen LogP contribution in [-0.2, 0) is 0 Å². The normalized spacial score (nSPS) is 40.6. The van der Waals surface area contributed by atoms with Crippen LogP contribution in [0.2, 0.25) is 0 Å². The highest BCUT2D eigenvalue weighted by molar-refractivity contribution is 5.01. The van der Waals surface area contributed by atoms with Gasteiger partial charge in [0, 0.05) is 49.8 Å². The van der Waals surface area contributed by atoms with Crippen LogP contribution in [0.4, 0.5) is 0 Å². The van der Waals surface area contributed by atoms with Crippen molar-refractivity contribution in [1.82, 2.24) is 15.1 Å². The van der Waals surface area contributed by atoms with Crippen LogP contribution in [0.3, 0.4) is 0 Å². The Labute approximate surface area is 125 Å². The van der Waals surface area contributed by atoms with Gasteiger partial charge in [0.15, 0.2) is 0 Å². The minimum Gasteiger partial charge on any atom is -0.309 e. The van der Waals surface area contributed by atoms with Gasteiger partial charge < -0.3 is 5.32 Å². The van der Waals surface area contributed by atoms with E-state index in [0.717, 1.165) is 24.0 Å². The Morgan fingerprint density at radius 1 is 1.20 bits per heavy atom. The van der Waals surface area contributed by atoms with Crippen LogP contribution >= 0.6 is 0 Å². The molecule has 3 unspecified atom stereocenters. The smallest absolute Gasteiger partial charge is 0.0278 e. The van der Waals surface area contributed by atoms with E-state index in [4.69, 9.17) is 0 Å². The predicted octanol–water partition coefficient (Wildman–Crippen LogP) is 2.32. The quantitative estimate of drug-likeness (QED) is 0.852. The highest BCUT2D eigenvalue weighted by Crippen LogP contribution is 2.33. The third kappa shape index (κ3) is 2.90. The molecule has 3 rings (SSSR count). The molecule has 2 heterocycles. The summed E-state index contributed by atoms with van der Waals surface area (Å²) in [7, 11) is 0. The van der Waals surface area contributed by atoms with Gasteiger partial charge in [-0.15, -0.1) is 0 Å². The number of piperazine rings is 1. The first-order chi connectivity index (χ1) is 9.52. The lowest BCUT2D eigenvalue weighted by molar-refractivity contribution is 0.0269. The molecule has 1 aliphatic carbocycles. The summed E-state index contributed by atoms with van der Waals surface area (Å²) in [6, 6.07) is 2.47. The van der Waals surface area contributed by atoms with E-state index in [0.29, 0.717) is 5.54 Å². The molecule has 3 nitrogen and oxygen atoms in total. The Balaban J connectivity index is 1.69. The summed E-state index contributed by atoms with van der Waals surface area (Å²) in [6.07, 6.45) is 5.52. The Bertz CT molecular complexity index is 339. The van der Waals surface area contributed by atoms with E-state index in [1.807, 2.05) is 0 Å². The Hall–Kier alpha value is -0.120. The zero-order valence-corrected chi connectivity index (χ0v) is 13.9. The van der Waals surface area contributed by atoms with Crippen LogP contribution in [0, 0.1) is 5.92 Å². The number of hydrogen-bond donors (Lipinski definition) is 1. The zero-order valence-electron chi connectivity index (χ0n) is 13.9. The molecule has 0 aromatic rings. The molecular formula is C17H33N3. The highest BCUT2D eigenvalue weighted by atomic mass is 15.3. The summed E-state index contributed by atoms with van der Waals surface area (Å²) in [5.74, 6) is 0.749. The van der Waals surface area contributed by atoms with Gasteiger partial charge in [-0.1, -0.05) is 20.8 Å². The summed E-state index contributed by atoms with van der Waals surface area (Å²) < 4.78 is 0. The molecule has 0 aromatic carbocycles. The minimum atomic E-state index is 0.318. The summed E-state index contributed by atoms with van der Waals surface area (Å²) in [6.45, 7) is 14.6. The van der Waals surface area contributed by atoms with Crippen molar-refractivity contribution in [2.45, 2.75) is 77.0 Å². The van der Waals surface area contributed by atoms with Crippen molar-refractivity contribution in [1.29, 1.82) is 0 Å². The van der Waals surface area contributed by atoms with Gasteiger partial charge in [-0.05, 0) is 38.5 Å². The molecule has 0 amide bonds. The monoisotopic (exact) mass is 279 g/mol. The number of nitrogens with one attached hydrogen (secondary N) is 1.